The lowest BCUT2D eigenvalue weighted by Crippen LogP contribution is -2.40. The molecule has 1 aromatic carbocycles. The maximum Gasteiger partial charge on any atom is 0.246 e. The van der Waals surface area contributed by atoms with Crippen LogP contribution in [-0.2, 0) is 14.8 Å². The van der Waals surface area contributed by atoms with Gasteiger partial charge in [-0.1, -0.05) is 30.4 Å². The number of nitrogens with zero attached hydrogens (tertiary/aromatic N) is 1. The number of rotatable bonds is 2. The van der Waals surface area contributed by atoms with Gasteiger partial charge in [0.2, 0.25) is 10.0 Å². The number of hydrogen-bond donors (Lipinski definition) is 1. The Morgan fingerprint density at radius 3 is 2.65 bits per heavy atom. The van der Waals surface area contributed by atoms with Crippen molar-refractivity contribution in [2.24, 2.45) is 0 Å². The molecule has 0 spiro atoms. The van der Waals surface area contributed by atoms with Gasteiger partial charge in [-0.2, -0.15) is 4.31 Å². The van der Waals surface area contributed by atoms with Crippen LogP contribution < -0.4 is 0 Å². The molecule has 1 aliphatic rings. The molecular formula is C13H14N2O3S2. The van der Waals surface area contributed by atoms with Crippen molar-refractivity contribution in [3.8, 4) is 0 Å². The highest BCUT2D eigenvalue weighted by molar-refractivity contribution is 7.89. The number of pyridine rings is 1. The zero-order chi connectivity index (χ0) is 14.2. The minimum Gasteiger partial charge on any atom is -0.379 e. The molecule has 3 rings (SSSR count). The summed E-state index contributed by atoms with van der Waals surface area (Å²) in [6.45, 7) is 1.57. The Morgan fingerprint density at radius 2 is 1.90 bits per heavy atom. The number of H-pyrrole nitrogens is 1. The molecule has 1 fully saturated rings. The maximum atomic E-state index is 12.6. The molecule has 0 radical (unpaired) electrons. The minimum absolute atomic E-state index is 0.160. The number of hydrogen-bond acceptors (Lipinski definition) is 4. The van der Waals surface area contributed by atoms with Crippen LogP contribution in [0.1, 0.15) is 0 Å². The van der Waals surface area contributed by atoms with Gasteiger partial charge in [-0.3, -0.25) is 0 Å². The third-order valence-corrected chi connectivity index (χ3v) is 5.83. The predicted molar refractivity (Wildman–Crippen MR) is 78.7 cm³/mol. The van der Waals surface area contributed by atoms with Crippen molar-refractivity contribution in [3.63, 3.8) is 0 Å². The van der Waals surface area contributed by atoms with Crippen LogP contribution in [0.4, 0.5) is 0 Å². The average molecular weight is 310 g/mol. The molecule has 1 aromatic heterocycles. The molecule has 20 heavy (non-hydrogen) atoms. The quantitative estimate of drug-likeness (QED) is 0.861. The van der Waals surface area contributed by atoms with Gasteiger partial charge in [-0.15, -0.1) is 0 Å². The largest absolute Gasteiger partial charge is 0.379 e. The van der Waals surface area contributed by atoms with Gasteiger partial charge in [-0.05, 0) is 6.07 Å². The lowest BCUT2D eigenvalue weighted by molar-refractivity contribution is 0.0730. The van der Waals surface area contributed by atoms with E-state index in [1.165, 1.54) is 10.5 Å². The molecule has 2 heterocycles. The second-order valence-corrected chi connectivity index (χ2v) is 6.86. The highest BCUT2D eigenvalue weighted by Crippen LogP contribution is 2.23. The summed E-state index contributed by atoms with van der Waals surface area (Å²) in [7, 11) is -3.57. The van der Waals surface area contributed by atoms with Crippen LogP contribution in [-0.4, -0.2) is 44.0 Å². The summed E-state index contributed by atoms with van der Waals surface area (Å²) < 4.78 is 32.2. The van der Waals surface area contributed by atoms with Crippen molar-refractivity contribution in [3.05, 3.63) is 35.0 Å². The second kappa shape index (κ2) is 5.25. The van der Waals surface area contributed by atoms with Gasteiger partial charge in [0.05, 0.1) is 17.7 Å². The molecule has 0 bridgehead atoms. The number of morpholine rings is 1. The van der Waals surface area contributed by atoms with E-state index in [-0.39, 0.29) is 4.90 Å². The van der Waals surface area contributed by atoms with Crippen molar-refractivity contribution in [1.82, 2.24) is 9.29 Å². The van der Waals surface area contributed by atoms with Crippen LogP contribution in [0.5, 0.6) is 0 Å². The number of nitrogens with one attached hydrogen (secondary N) is 1. The van der Waals surface area contributed by atoms with Gasteiger partial charge < -0.3 is 9.72 Å². The molecule has 0 unspecified atom stereocenters. The molecule has 0 saturated carbocycles. The fourth-order valence-electron chi connectivity index (χ4n) is 2.27. The Morgan fingerprint density at radius 1 is 1.20 bits per heavy atom. The molecule has 0 amide bonds. The zero-order valence-corrected chi connectivity index (χ0v) is 12.3. The van der Waals surface area contributed by atoms with Crippen molar-refractivity contribution in [2.75, 3.05) is 26.3 Å². The Hall–Kier alpha value is -1.28. The summed E-state index contributed by atoms with van der Waals surface area (Å²) in [5.74, 6) is 0. The van der Waals surface area contributed by atoms with Gasteiger partial charge >= 0.3 is 0 Å². The predicted octanol–water partition coefficient (Wildman–Crippen LogP) is 1.92. The Bertz CT molecular complexity index is 793. The average Bonchev–Trinajstić information content (AvgIpc) is 2.48. The summed E-state index contributed by atoms with van der Waals surface area (Å²) in [4.78, 5) is 3.16. The first-order valence-corrected chi connectivity index (χ1v) is 8.14. The highest BCUT2D eigenvalue weighted by Gasteiger charge is 2.27. The van der Waals surface area contributed by atoms with Gasteiger partial charge in [0.15, 0.2) is 0 Å². The van der Waals surface area contributed by atoms with Gasteiger partial charge in [0, 0.05) is 30.2 Å². The van der Waals surface area contributed by atoms with E-state index in [0.29, 0.717) is 30.8 Å². The number of para-hydroxylation sites is 1. The van der Waals surface area contributed by atoms with Crippen molar-refractivity contribution < 1.29 is 13.2 Å². The Labute approximate surface area is 122 Å². The fraction of sp³-hybridized carbons (Fsp3) is 0.308. The zero-order valence-electron chi connectivity index (χ0n) is 10.7. The van der Waals surface area contributed by atoms with Gasteiger partial charge in [0.1, 0.15) is 4.90 Å². The second-order valence-electron chi connectivity index (χ2n) is 4.54. The number of sulfonamides is 1. The normalized spacial score (nSPS) is 17.4. The summed E-state index contributed by atoms with van der Waals surface area (Å²) >= 11 is 5.35. The van der Waals surface area contributed by atoms with E-state index in [1.807, 2.05) is 24.3 Å². The van der Waals surface area contributed by atoms with E-state index in [9.17, 15) is 8.42 Å². The summed E-state index contributed by atoms with van der Waals surface area (Å²) in [5, 5.41) is 0.747. The molecule has 1 aliphatic heterocycles. The van der Waals surface area contributed by atoms with E-state index in [2.05, 4.69) is 4.98 Å². The van der Waals surface area contributed by atoms with Crippen LogP contribution in [0.25, 0.3) is 10.9 Å². The van der Waals surface area contributed by atoms with E-state index in [4.69, 9.17) is 17.0 Å². The minimum atomic E-state index is -3.57. The molecule has 7 heteroatoms. The molecule has 0 aliphatic carbocycles. The number of aromatic amines is 1. The van der Waals surface area contributed by atoms with Crippen molar-refractivity contribution >= 4 is 33.1 Å². The highest BCUT2D eigenvalue weighted by atomic mass is 32.2. The maximum absolute atomic E-state index is 12.6. The molecule has 0 atom stereocenters. The van der Waals surface area contributed by atoms with Crippen LogP contribution in [0.15, 0.2) is 35.4 Å². The lowest BCUT2D eigenvalue weighted by Gasteiger charge is -2.26. The standard InChI is InChI=1S/C13H14N2O3S2/c16-20(17,15-5-7-18-8-6-15)12-9-14-11-4-2-1-3-10(11)13(12)19/h1-4,9H,5-8H2,(H,14,19). The SMILES string of the molecule is O=S(=O)(c1c[nH]c2ccccc2c1=S)N1CCOCC1. The molecule has 106 valence electrons. The molecular weight excluding hydrogens is 296 g/mol. The Kier molecular flexibility index (Phi) is 3.59. The van der Waals surface area contributed by atoms with Crippen LogP contribution in [0, 0.1) is 4.51 Å². The topological polar surface area (TPSA) is 62.4 Å². The van der Waals surface area contributed by atoms with Crippen LogP contribution in [0.3, 0.4) is 0 Å². The smallest absolute Gasteiger partial charge is 0.246 e. The van der Waals surface area contributed by atoms with E-state index in [0.717, 1.165) is 10.9 Å². The van der Waals surface area contributed by atoms with Crippen LogP contribution in [0.2, 0.25) is 0 Å². The summed E-state index contributed by atoms with van der Waals surface area (Å²) in [6.07, 6.45) is 1.48. The van der Waals surface area contributed by atoms with Crippen molar-refractivity contribution in [2.45, 2.75) is 4.90 Å². The monoisotopic (exact) mass is 310 g/mol. The lowest BCUT2D eigenvalue weighted by atomic mass is 10.2. The van der Waals surface area contributed by atoms with Gasteiger partial charge in [0.25, 0.3) is 0 Å². The van der Waals surface area contributed by atoms with E-state index in [1.54, 1.807) is 0 Å². The molecule has 1 N–H and O–H groups in total. The third-order valence-electron chi connectivity index (χ3n) is 3.34. The number of ether oxygens (including phenoxy) is 1. The molecule has 2 aromatic rings. The van der Waals surface area contributed by atoms with Gasteiger partial charge in [-0.25, -0.2) is 8.42 Å². The first-order chi connectivity index (χ1) is 9.60. The fourth-order valence-corrected chi connectivity index (χ4v) is 4.28. The first-order valence-electron chi connectivity index (χ1n) is 6.29. The molecule has 5 nitrogen and oxygen atoms in total. The number of aromatic nitrogens is 1. The van der Waals surface area contributed by atoms with Crippen molar-refractivity contribution in [1.29, 1.82) is 0 Å². The summed E-state index contributed by atoms with van der Waals surface area (Å²) in [6, 6.07) is 7.42. The number of benzene rings is 1. The summed E-state index contributed by atoms with van der Waals surface area (Å²) in [5.41, 5.74) is 0.832. The molecule has 1 saturated heterocycles. The van der Waals surface area contributed by atoms with E-state index >= 15 is 0 Å². The van der Waals surface area contributed by atoms with Crippen LogP contribution >= 0.6 is 12.2 Å². The number of fused-ring (bicyclic) bond motifs is 1. The van der Waals surface area contributed by atoms with E-state index < -0.39 is 10.0 Å². The Balaban J connectivity index is 2.14. The third kappa shape index (κ3) is 2.26. The first kappa shape index (κ1) is 13.7.